The predicted molar refractivity (Wildman–Crippen MR) is 121 cm³/mol. The molecule has 1 aliphatic carbocycles. The van der Waals surface area contributed by atoms with Gasteiger partial charge in [0.2, 0.25) is 5.91 Å². The molecule has 5 fully saturated rings. The van der Waals surface area contributed by atoms with E-state index in [0.717, 1.165) is 52.2 Å². The highest BCUT2D eigenvalue weighted by atomic mass is 16.6. The number of ether oxygens (including phenoxy) is 2. The number of fused-ring (bicyclic) bond motifs is 2. The number of hydrogen-bond acceptors (Lipinski definition) is 6. The van der Waals surface area contributed by atoms with E-state index >= 15 is 0 Å². The number of rotatable bonds is 4. The van der Waals surface area contributed by atoms with Crippen molar-refractivity contribution in [3.05, 3.63) is 0 Å². The molecule has 4 saturated heterocycles. The van der Waals surface area contributed by atoms with E-state index in [1.807, 2.05) is 4.90 Å². The molecule has 5 aliphatic rings. The molecule has 0 aromatic rings. The summed E-state index contributed by atoms with van der Waals surface area (Å²) < 4.78 is 11.9. The first kappa shape index (κ1) is 22.6. The van der Waals surface area contributed by atoms with Crippen LogP contribution in [0.2, 0.25) is 0 Å². The molecule has 8 atom stereocenters. The molecule has 180 valence electrons. The van der Waals surface area contributed by atoms with Gasteiger partial charge in [-0.1, -0.05) is 13.8 Å². The second kappa shape index (κ2) is 9.59. The summed E-state index contributed by atoms with van der Waals surface area (Å²) in [5, 5.41) is 3.61. The Kier molecular flexibility index (Phi) is 6.77. The SMILES string of the molecule is CC1COC2CC3OC(=O)C(CCC(=O)N4CCN(C5CCCCN5)CC4)C(C)C3CC12. The van der Waals surface area contributed by atoms with Crippen molar-refractivity contribution in [1.82, 2.24) is 15.1 Å². The number of hydrogen-bond donors (Lipinski definition) is 1. The van der Waals surface area contributed by atoms with Crippen molar-refractivity contribution in [2.75, 3.05) is 39.3 Å². The summed E-state index contributed by atoms with van der Waals surface area (Å²) in [7, 11) is 0. The molecule has 0 bridgehead atoms. The van der Waals surface area contributed by atoms with Crippen LogP contribution < -0.4 is 5.32 Å². The van der Waals surface area contributed by atoms with Gasteiger partial charge in [0.1, 0.15) is 6.10 Å². The molecule has 0 aromatic heterocycles. The van der Waals surface area contributed by atoms with Gasteiger partial charge in [0.05, 0.1) is 18.2 Å². The third-order valence-electron chi connectivity index (χ3n) is 9.21. The predicted octanol–water partition coefficient (Wildman–Crippen LogP) is 2.25. The van der Waals surface area contributed by atoms with E-state index in [2.05, 4.69) is 24.1 Å². The fraction of sp³-hybridized carbons (Fsp3) is 0.920. The van der Waals surface area contributed by atoms with Crippen LogP contribution in [0.3, 0.4) is 0 Å². The van der Waals surface area contributed by atoms with Gasteiger partial charge < -0.3 is 19.7 Å². The van der Waals surface area contributed by atoms with E-state index in [0.29, 0.717) is 36.8 Å². The normalized spacial score (nSPS) is 42.8. The van der Waals surface area contributed by atoms with E-state index < -0.39 is 0 Å². The first-order valence-corrected chi connectivity index (χ1v) is 13.1. The molecule has 7 heteroatoms. The summed E-state index contributed by atoms with van der Waals surface area (Å²) in [6.07, 6.45) is 7.52. The molecule has 4 aliphatic heterocycles. The van der Waals surface area contributed by atoms with Gasteiger partial charge in [-0.3, -0.25) is 14.5 Å². The van der Waals surface area contributed by atoms with Crippen LogP contribution >= 0.6 is 0 Å². The Labute approximate surface area is 192 Å². The third-order valence-corrected chi connectivity index (χ3v) is 9.21. The zero-order valence-corrected chi connectivity index (χ0v) is 19.8. The van der Waals surface area contributed by atoms with Crippen molar-refractivity contribution < 1.29 is 19.1 Å². The van der Waals surface area contributed by atoms with Gasteiger partial charge in [-0.05, 0) is 62.3 Å². The maximum absolute atomic E-state index is 12.9. The van der Waals surface area contributed by atoms with E-state index in [4.69, 9.17) is 9.47 Å². The first-order chi connectivity index (χ1) is 15.5. The lowest BCUT2D eigenvalue weighted by atomic mass is 9.65. The number of carbonyl (C=O) groups is 2. The number of nitrogens with zero attached hydrogens (tertiary/aromatic N) is 2. The highest BCUT2D eigenvalue weighted by Gasteiger charge is 2.51. The minimum absolute atomic E-state index is 0.00234. The number of carbonyl (C=O) groups excluding carboxylic acids is 2. The Balaban J connectivity index is 1.11. The lowest BCUT2D eigenvalue weighted by Gasteiger charge is -2.46. The molecule has 0 radical (unpaired) electrons. The van der Waals surface area contributed by atoms with Crippen LogP contribution in [0.4, 0.5) is 0 Å². The van der Waals surface area contributed by atoms with Crippen molar-refractivity contribution in [3.63, 3.8) is 0 Å². The number of nitrogens with one attached hydrogen (secondary N) is 1. The number of piperidine rings is 1. The Bertz CT molecular complexity index is 689. The largest absolute Gasteiger partial charge is 0.462 e. The van der Waals surface area contributed by atoms with Crippen LogP contribution in [-0.2, 0) is 19.1 Å². The standard InChI is InChI=1S/C25H41N3O4/c1-16-15-31-21-14-22-20(13-19(16)21)17(2)18(25(30)32-22)6-7-24(29)28-11-9-27(10-12-28)23-5-3-4-8-26-23/h16-23,26H,3-15H2,1-2H3. The zero-order valence-electron chi connectivity index (χ0n) is 19.8. The lowest BCUT2D eigenvalue weighted by Crippen LogP contribution is -2.56. The molecule has 32 heavy (non-hydrogen) atoms. The van der Waals surface area contributed by atoms with Crippen LogP contribution in [0, 0.1) is 29.6 Å². The maximum Gasteiger partial charge on any atom is 0.309 e. The minimum atomic E-state index is -0.151. The van der Waals surface area contributed by atoms with E-state index in [-0.39, 0.29) is 35.9 Å². The average molecular weight is 448 g/mol. The van der Waals surface area contributed by atoms with Gasteiger partial charge in [0.25, 0.3) is 0 Å². The van der Waals surface area contributed by atoms with E-state index in [1.54, 1.807) is 0 Å². The Morgan fingerprint density at radius 3 is 2.62 bits per heavy atom. The van der Waals surface area contributed by atoms with Gasteiger partial charge >= 0.3 is 5.97 Å². The maximum atomic E-state index is 12.9. The Morgan fingerprint density at radius 1 is 1.06 bits per heavy atom. The van der Waals surface area contributed by atoms with E-state index in [1.165, 1.54) is 19.3 Å². The highest BCUT2D eigenvalue weighted by molar-refractivity contribution is 5.78. The molecule has 1 saturated carbocycles. The number of esters is 1. The molecule has 1 amide bonds. The van der Waals surface area contributed by atoms with Crippen LogP contribution in [0.25, 0.3) is 0 Å². The van der Waals surface area contributed by atoms with Crippen LogP contribution in [-0.4, -0.2) is 79.4 Å². The molecule has 4 heterocycles. The van der Waals surface area contributed by atoms with Crippen molar-refractivity contribution in [2.24, 2.45) is 29.6 Å². The monoisotopic (exact) mass is 447 g/mol. The summed E-state index contributed by atoms with van der Waals surface area (Å²) in [5.74, 6) is 1.82. The summed E-state index contributed by atoms with van der Waals surface area (Å²) in [6, 6.07) is 0. The van der Waals surface area contributed by atoms with Crippen molar-refractivity contribution in [3.8, 4) is 0 Å². The van der Waals surface area contributed by atoms with Gasteiger partial charge in [-0.15, -0.1) is 0 Å². The summed E-state index contributed by atoms with van der Waals surface area (Å²) >= 11 is 0. The second-order valence-electron chi connectivity index (χ2n) is 11.0. The van der Waals surface area contributed by atoms with Crippen LogP contribution in [0.15, 0.2) is 0 Å². The van der Waals surface area contributed by atoms with Crippen LogP contribution in [0.5, 0.6) is 0 Å². The zero-order chi connectivity index (χ0) is 22.2. The van der Waals surface area contributed by atoms with Crippen molar-refractivity contribution >= 4 is 11.9 Å². The number of piperazine rings is 1. The first-order valence-electron chi connectivity index (χ1n) is 13.1. The highest BCUT2D eigenvalue weighted by Crippen LogP contribution is 2.48. The van der Waals surface area contributed by atoms with Gasteiger partial charge in [0, 0.05) is 45.6 Å². The summed E-state index contributed by atoms with van der Waals surface area (Å²) in [6.45, 7) is 9.92. The summed E-state index contributed by atoms with van der Waals surface area (Å²) in [5.41, 5.74) is 0. The Hall–Kier alpha value is -1.18. The van der Waals surface area contributed by atoms with Crippen molar-refractivity contribution in [2.45, 2.75) is 77.2 Å². The molecule has 0 aromatic carbocycles. The quantitative estimate of drug-likeness (QED) is 0.667. The second-order valence-corrected chi connectivity index (χ2v) is 11.0. The molecular formula is C25H41N3O4. The van der Waals surface area contributed by atoms with Crippen LogP contribution in [0.1, 0.15) is 58.8 Å². The van der Waals surface area contributed by atoms with Gasteiger partial charge in [-0.25, -0.2) is 0 Å². The third kappa shape index (κ3) is 4.45. The van der Waals surface area contributed by atoms with Gasteiger partial charge in [0.15, 0.2) is 0 Å². The number of amides is 1. The molecule has 8 unspecified atom stereocenters. The molecule has 7 nitrogen and oxygen atoms in total. The fourth-order valence-corrected chi connectivity index (χ4v) is 7.07. The Morgan fingerprint density at radius 2 is 1.88 bits per heavy atom. The smallest absolute Gasteiger partial charge is 0.309 e. The minimum Gasteiger partial charge on any atom is -0.462 e. The van der Waals surface area contributed by atoms with Crippen molar-refractivity contribution in [1.29, 1.82) is 0 Å². The molecule has 5 rings (SSSR count). The topological polar surface area (TPSA) is 71.1 Å². The molecular weight excluding hydrogens is 406 g/mol. The average Bonchev–Trinajstić information content (AvgIpc) is 3.18. The van der Waals surface area contributed by atoms with Gasteiger partial charge in [-0.2, -0.15) is 0 Å². The molecule has 1 N–H and O–H groups in total. The molecule has 0 spiro atoms. The fourth-order valence-electron chi connectivity index (χ4n) is 7.07. The van der Waals surface area contributed by atoms with E-state index in [9.17, 15) is 9.59 Å². The summed E-state index contributed by atoms with van der Waals surface area (Å²) in [4.78, 5) is 30.3. The lowest BCUT2D eigenvalue weighted by molar-refractivity contribution is -0.182.